The normalized spacial score (nSPS) is 18.5. The summed E-state index contributed by atoms with van der Waals surface area (Å²) in [6.45, 7) is 0. The van der Waals surface area contributed by atoms with Gasteiger partial charge in [-0.1, -0.05) is 37.5 Å². The van der Waals surface area contributed by atoms with Crippen LogP contribution in [0.1, 0.15) is 61.3 Å². The molecule has 0 bridgehead atoms. The van der Waals surface area contributed by atoms with Crippen molar-refractivity contribution in [2.75, 3.05) is 5.32 Å². The Morgan fingerprint density at radius 3 is 2.78 bits per heavy atom. The van der Waals surface area contributed by atoms with Crippen LogP contribution in [0.2, 0.25) is 0 Å². The molecule has 1 fully saturated rings. The first-order valence-electron chi connectivity index (χ1n) is 12.9. The Bertz CT molecular complexity index is 1560. The van der Waals surface area contributed by atoms with Crippen molar-refractivity contribution in [1.29, 1.82) is 0 Å². The first kappa shape index (κ1) is 21.5. The summed E-state index contributed by atoms with van der Waals surface area (Å²) in [4.78, 5) is 17.3. The number of halogens is 1. The Kier molecular flexibility index (Phi) is 5.18. The number of para-hydroxylation sites is 1. The zero-order valence-corrected chi connectivity index (χ0v) is 20.0. The van der Waals surface area contributed by atoms with Crippen LogP contribution < -0.4 is 5.32 Å². The van der Waals surface area contributed by atoms with Gasteiger partial charge in [0.1, 0.15) is 5.82 Å². The molecule has 1 aromatic carbocycles. The molecule has 4 aromatic heterocycles. The van der Waals surface area contributed by atoms with Crippen molar-refractivity contribution in [3.63, 3.8) is 0 Å². The van der Waals surface area contributed by atoms with Crippen molar-refractivity contribution >= 4 is 22.5 Å². The maximum Gasteiger partial charge on any atom is 0.228 e. The largest absolute Gasteiger partial charge is 0.358 e. The average Bonchev–Trinajstić information content (AvgIpc) is 3.51. The quantitative estimate of drug-likeness (QED) is 0.338. The van der Waals surface area contributed by atoms with E-state index >= 15 is 0 Å². The minimum absolute atomic E-state index is 0.204. The fraction of sp³-hybridized carbons (Fsp3) is 0.357. The van der Waals surface area contributed by atoms with E-state index in [1.807, 2.05) is 10.7 Å². The lowest BCUT2D eigenvalue weighted by molar-refractivity contribution is 0.445. The first-order valence-corrected chi connectivity index (χ1v) is 12.9. The zero-order valence-electron chi connectivity index (χ0n) is 20.0. The lowest BCUT2D eigenvalue weighted by atomic mass is 9.85. The van der Waals surface area contributed by atoms with E-state index in [4.69, 9.17) is 15.1 Å². The number of hydrogen-bond acceptors (Lipinski definition) is 5. The molecule has 0 aliphatic heterocycles. The molecule has 2 N–H and O–H groups in total. The topological polar surface area (TPSA) is 83.8 Å². The smallest absolute Gasteiger partial charge is 0.228 e. The van der Waals surface area contributed by atoms with Crippen molar-refractivity contribution in [1.82, 2.24) is 29.5 Å². The van der Waals surface area contributed by atoms with Crippen LogP contribution in [0.15, 0.2) is 48.9 Å². The summed E-state index contributed by atoms with van der Waals surface area (Å²) in [5.74, 6) is 1.17. The summed E-state index contributed by atoms with van der Waals surface area (Å²) < 4.78 is 15.9. The van der Waals surface area contributed by atoms with Crippen molar-refractivity contribution in [2.24, 2.45) is 0 Å². The number of nitrogens with one attached hydrogen (secondary N) is 2. The van der Waals surface area contributed by atoms with Crippen LogP contribution >= 0.6 is 0 Å². The number of benzene rings is 1. The number of anilines is 1. The summed E-state index contributed by atoms with van der Waals surface area (Å²) in [7, 11) is 0. The average molecular weight is 482 g/mol. The van der Waals surface area contributed by atoms with Gasteiger partial charge in [0.15, 0.2) is 11.5 Å². The highest BCUT2D eigenvalue weighted by molar-refractivity contribution is 5.85. The zero-order chi connectivity index (χ0) is 24.1. The van der Waals surface area contributed by atoms with Crippen LogP contribution in [-0.2, 0) is 12.8 Å². The highest BCUT2D eigenvalue weighted by Gasteiger charge is 2.26. The third-order valence-electron chi connectivity index (χ3n) is 7.83. The predicted octanol–water partition coefficient (Wildman–Crippen LogP) is 5.82. The summed E-state index contributed by atoms with van der Waals surface area (Å²) >= 11 is 0. The van der Waals surface area contributed by atoms with Gasteiger partial charge in [0.2, 0.25) is 5.95 Å². The summed E-state index contributed by atoms with van der Waals surface area (Å²) in [5.41, 5.74) is 6.43. The molecule has 182 valence electrons. The number of aryl methyl sites for hydroxylation is 1. The second kappa shape index (κ2) is 8.69. The maximum atomic E-state index is 14.0. The van der Waals surface area contributed by atoms with Gasteiger partial charge in [-0.15, -0.1) is 0 Å². The SMILES string of the molecule is Fc1cncc(-c2nc(NC3CCc4[nH]c5ccccc5c4C3)n3ncc(C4CCCCC4)c3n2)c1. The molecule has 36 heavy (non-hydrogen) atoms. The molecule has 8 heteroatoms. The number of nitrogens with zero attached hydrogens (tertiary/aromatic N) is 5. The molecule has 4 heterocycles. The number of pyridine rings is 1. The van der Waals surface area contributed by atoms with Crippen LogP contribution in [0, 0.1) is 5.82 Å². The van der Waals surface area contributed by atoms with Crippen LogP contribution in [0.5, 0.6) is 0 Å². The van der Waals surface area contributed by atoms with Gasteiger partial charge in [0.05, 0.1) is 12.4 Å². The van der Waals surface area contributed by atoms with Crippen molar-refractivity contribution in [3.05, 3.63) is 71.6 Å². The molecular weight excluding hydrogens is 453 g/mol. The number of aromatic nitrogens is 6. The summed E-state index contributed by atoms with van der Waals surface area (Å²) in [6, 6.07) is 10.1. The predicted molar refractivity (Wildman–Crippen MR) is 138 cm³/mol. The highest BCUT2D eigenvalue weighted by atomic mass is 19.1. The van der Waals surface area contributed by atoms with Gasteiger partial charge >= 0.3 is 0 Å². The van der Waals surface area contributed by atoms with Crippen molar-refractivity contribution in [3.8, 4) is 11.4 Å². The lowest BCUT2D eigenvalue weighted by Crippen LogP contribution is -2.29. The Balaban J connectivity index is 1.29. The molecule has 0 amide bonds. The Hall–Kier alpha value is -3.81. The molecule has 7 rings (SSSR count). The van der Waals surface area contributed by atoms with E-state index in [1.54, 1.807) is 6.20 Å². The van der Waals surface area contributed by atoms with Crippen LogP contribution in [-0.4, -0.2) is 35.6 Å². The van der Waals surface area contributed by atoms with E-state index in [-0.39, 0.29) is 6.04 Å². The second-order valence-electron chi connectivity index (χ2n) is 10.1. The van der Waals surface area contributed by atoms with E-state index < -0.39 is 5.82 Å². The number of aromatic amines is 1. The molecule has 1 saturated carbocycles. The summed E-state index contributed by atoms with van der Waals surface area (Å²) in [6.07, 6.45) is 13.7. The Morgan fingerprint density at radius 1 is 1.00 bits per heavy atom. The van der Waals surface area contributed by atoms with Gasteiger partial charge < -0.3 is 10.3 Å². The minimum Gasteiger partial charge on any atom is -0.358 e. The van der Waals surface area contributed by atoms with Gasteiger partial charge in [-0.3, -0.25) is 4.98 Å². The van der Waals surface area contributed by atoms with E-state index in [0.717, 1.165) is 43.3 Å². The molecule has 1 unspecified atom stereocenters. The van der Waals surface area contributed by atoms with Gasteiger partial charge in [-0.2, -0.15) is 14.6 Å². The Labute approximate surface area is 208 Å². The lowest BCUT2D eigenvalue weighted by Gasteiger charge is -2.24. The molecule has 1 atom stereocenters. The van der Waals surface area contributed by atoms with Crippen molar-refractivity contribution < 1.29 is 4.39 Å². The highest BCUT2D eigenvalue weighted by Crippen LogP contribution is 2.36. The third-order valence-corrected chi connectivity index (χ3v) is 7.83. The van der Waals surface area contributed by atoms with Gasteiger partial charge in [-0.05, 0) is 55.7 Å². The van der Waals surface area contributed by atoms with Crippen molar-refractivity contribution in [2.45, 2.75) is 63.3 Å². The van der Waals surface area contributed by atoms with Gasteiger partial charge in [0.25, 0.3) is 0 Å². The van der Waals surface area contributed by atoms with Crippen LogP contribution in [0.25, 0.3) is 27.9 Å². The maximum absolute atomic E-state index is 14.0. The number of fused-ring (bicyclic) bond motifs is 4. The molecule has 2 aliphatic carbocycles. The first-order chi connectivity index (χ1) is 17.7. The van der Waals surface area contributed by atoms with E-state index in [1.165, 1.54) is 53.7 Å². The Morgan fingerprint density at radius 2 is 1.89 bits per heavy atom. The molecule has 5 aromatic rings. The number of rotatable bonds is 4. The van der Waals surface area contributed by atoms with E-state index in [2.05, 4.69) is 39.6 Å². The fourth-order valence-electron chi connectivity index (χ4n) is 6.03. The van der Waals surface area contributed by atoms with Crippen LogP contribution in [0.4, 0.5) is 10.3 Å². The summed E-state index contributed by atoms with van der Waals surface area (Å²) in [5, 5.41) is 9.70. The molecule has 0 saturated heterocycles. The monoisotopic (exact) mass is 481 g/mol. The van der Waals surface area contributed by atoms with E-state index in [0.29, 0.717) is 23.3 Å². The second-order valence-corrected chi connectivity index (χ2v) is 10.1. The number of H-pyrrole nitrogens is 1. The van der Waals surface area contributed by atoms with Gasteiger partial charge in [0, 0.05) is 40.0 Å². The van der Waals surface area contributed by atoms with Gasteiger partial charge in [-0.25, -0.2) is 9.37 Å². The minimum atomic E-state index is -0.398. The molecule has 2 aliphatic rings. The fourth-order valence-corrected chi connectivity index (χ4v) is 6.03. The van der Waals surface area contributed by atoms with E-state index in [9.17, 15) is 4.39 Å². The van der Waals surface area contributed by atoms with Crippen LogP contribution in [0.3, 0.4) is 0 Å². The standard InChI is InChI=1S/C28H28FN7/c29-19-12-18(14-30-15-19)26-34-27-23(17-6-2-1-3-7-17)16-31-36(27)28(35-26)32-20-10-11-25-22(13-20)21-8-4-5-9-24(21)33-25/h4-5,8-9,12,14-17,20,33H,1-3,6-7,10-11,13H2,(H,32,34,35). The molecule has 7 nitrogen and oxygen atoms in total. The molecule has 0 radical (unpaired) electrons. The molecular formula is C28H28FN7. The third kappa shape index (κ3) is 3.72. The molecule has 0 spiro atoms. The number of hydrogen-bond donors (Lipinski definition) is 2.